The summed E-state index contributed by atoms with van der Waals surface area (Å²) in [6.07, 6.45) is 2.48. The number of nitrogens with one attached hydrogen (secondary N) is 1. The van der Waals surface area contributed by atoms with Crippen molar-refractivity contribution in [2.24, 2.45) is 0 Å². The standard InChI is InChI=1S/C9H11N3O2/c13-9(14)7-2-4-11-8(12-7)6-1-3-10-5-6/h2,4,6,10H,1,3,5H2,(H,13,14). The Hall–Kier alpha value is -1.49. The van der Waals surface area contributed by atoms with Gasteiger partial charge in [-0.25, -0.2) is 14.8 Å². The zero-order valence-electron chi connectivity index (χ0n) is 7.60. The van der Waals surface area contributed by atoms with E-state index in [1.807, 2.05) is 0 Å². The van der Waals surface area contributed by atoms with E-state index in [9.17, 15) is 4.79 Å². The van der Waals surface area contributed by atoms with Gasteiger partial charge in [-0.2, -0.15) is 0 Å². The molecule has 5 nitrogen and oxygen atoms in total. The molecular formula is C9H11N3O2. The van der Waals surface area contributed by atoms with Crippen molar-refractivity contribution in [2.45, 2.75) is 12.3 Å². The summed E-state index contributed by atoms with van der Waals surface area (Å²) in [7, 11) is 0. The molecule has 1 aromatic heterocycles. The summed E-state index contributed by atoms with van der Waals surface area (Å²) in [4.78, 5) is 18.8. The van der Waals surface area contributed by atoms with Crippen molar-refractivity contribution < 1.29 is 9.90 Å². The van der Waals surface area contributed by atoms with Crippen molar-refractivity contribution >= 4 is 5.97 Å². The van der Waals surface area contributed by atoms with Gasteiger partial charge in [0.2, 0.25) is 0 Å². The number of aromatic nitrogens is 2. The molecule has 1 aromatic rings. The van der Waals surface area contributed by atoms with Crippen LogP contribution in [0.2, 0.25) is 0 Å². The van der Waals surface area contributed by atoms with E-state index in [1.54, 1.807) is 0 Å². The van der Waals surface area contributed by atoms with Crippen molar-refractivity contribution in [1.82, 2.24) is 15.3 Å². The Morgan fingerprint density at radius 3 is 3.14 bits per heavy atom. The zero-order valence-corrected chi connectivity index (χ0v) is 7.60. The maximum Gasteiger partial charge on any atom is 0.354 e. The van der Waals surface area contributed by atoms with Gasteiger partial charge in [-0.05, 0) is 19.0 Å². The average Bonchev–Trinajstić information content (AvgIpc) is 2.71. The molecule has 0 spiro atoms. The Morgan fingerprint density at radius 1 is 1.64 bits per heavy atom. The lowest BCUT2D eigenvalue weighted by Crippen LogP contribution is -2.12. The molecule has 0 amide bonds. The third-order valence-corrected chi connectivity index (χ3v) is 2.32. The second-order valence-electron chi connectivity index (χ2n) is 3.29. The number of nitrogens with zero attached hydrogens (tertiary/aromatic N) is 2. The molecule has 2 rings (SSSR count). The van der Waals surface area contributed by atoms with E-state index >= 15 is 0 Å². The molecule has 0 saturated carbocycles. The molecule has 74 valence electrons. The molecule has 1 atom stereocenters. The second kappa shape index (κ2) is 3.71. The van der Waals surface area contributed by atoms with Crippen LogP contribution in [0.1, 0.15) is 28.7 Å². The highest BCUT2D eigenvalue weighted by atomic mass is 16.4. The quantitative estimate of drug-likeness (QED) is 0.704. The van der Waals surface area contributed by atoms with Crippen LogP contribution >= 0.6 is 0 Å². The van der Waals surface area contributed by atoms with Gasteiger partial charge >= 0.3 is 5.97 Å². The first-order valence-electron chi connectivity index (χ1n) is 4.54. The minimum atomic E-state index is -1.00. The molecule has 5 heteroatoms. The molecule has 0 aromatic carbocycles. The van der Waals surface area contributed by atoms with E-state index in [0.717, 1.165) is 19.5 Å². The fourth-order valence-electron chi connectivity index (χ4n) is 1.56. The summed E-state index contributed by atoms with van der Waals surface area (Å²) in [6, 6.07) is 1.41. The molecule has 0 aliphatic carbocycles. The summed E-state index contributed by atoms with van der Waals surface area (Å²) in [5, 5.41) is 11.9. The highest BCUT2D eigenvalue weighted by Gasteiger charge is 2.20. The van der Waals surface area contributed by atoms with E-state index in [1.165, 1.54) is 12.3 Å². The Balaban J connectivity index is 2.25. The van der Waals surface area contributed by atoms with Gasteiger partial charge in [0.15, 0.2) is 5.69 Å². The number of carboxylic acids is 1. The van der Waals surface area contributed by atoms with Crippen molar-refractivity contribution in [3.05, 3.63) is 23.8 Å². The van der Waals surface area contributed by atoms with Crippen LogP contribution in [0, 0.1) is 0 Å². The van der Waals surface area contributed by atoms with Gasteiger partial charge in [0.1, 0.15) is 5.82 Å². The summed E-state index contributed by atoms with van der Waals surface area (Å²) < 4.78 is 0. The maximum atomic E-state index is 10.7. The van der Waals surface area contributed by atoms with Crippen molar-refractivity contribution in [3.8, 4) is 0 Å². The molecule has 1 aliphatic rings. The monoisotopic (exact) mass is 193 g/mol. The second-order valence-corrected chi connectivity index (χ2v) is 3.29. The van der Waals surface area contributed by atoms with E-state index in [0.29, 0.717) is 5.82 Å². The predicted octanol–water partition coefficient (Wildman–Crippen LogP) is 0.252. The molecule has 2 heterocycles. The number of rotatable bonds is 2. The molecule has 1 aliphatic heterocycles. The fraction of sp³-hybridized carbons (Fsp3) is 0.444. The van der Waals surface area contributed by atoms with E-state index < -0.39 is 5.97 Å². The minimum Gasteiger partial charge on any atom is -0.477 e. The molecule has 1 unspecified atom stereocenters. The SMILES string of the molecule is O=C(O)c1ccnc(C2CCNC2)n1. The largest absolute Gasteiger partial charge is 0.477 e. The van der Waals surface area contributed by atoms with Crippen molar-refractivity contribution in [3.63, 3.8) is 0 Å². The number of hydrogen-bond donors (Lipinski definition) is 2. The Labute approximate surface area is 81.2 Å². The highest BCUT2D eigenvalue weighted by molar-refractivity contribution is 5.85. The Bertz CT molecular complexity index is 348. The van der Waals surface area contributed by atoms with Crippen LogP contribution in [-0.2, 0) is 0 Å². The molecule has 2 N–H and O–H groups in total. The first-order chi connectivity index (χ1) is 6.77. The summed E-state index contributed by atoms with van der Waals surface area (Å²) in [5.41, 5.74) is 0.0712. The van der Waals surface area contributed by atoms with Gasteiger partial charge in [0, 0.05) is 18.7 Å². The number of aromatic carboxylic acids is 1. The van der Waals surface area contributed by atoms with Crippen LogP contribution in [0.15, 0.2) is 12.3 Å². The molecule has 0 radical (unpaired) electrons. The molecule has 1 saturated heterocycles. The lowest BCUT2D eigenvalue weighted by molar-refractivity contribution is 0.0690. The van der Waals surface area contributed by atoms with Crippen LogP contribution in [0.25, 0.3) is 0 Å². The summed E-state index contributed by atoms with van der Waals surface area (Å²) >= 11 is 0. The topological polar surface area (TPSA) is 75.1 Å². The minimum absolute atomic E-state index is 0.0712. The van der Waals surface area contributed by atoms with Gasteiger partial charge in [-0.3, -0.25) is 0 Å². The first-order valence-corrected chi connectivity index (χ1v) is 4.54. The van der Waals surface area contributed by atoms with Gasteiger partial charge < -0.3 is 10.4 Å². The number of carbonyl (C=O) groups is 1. The van der Waals surface area contributed by atoms with Crippen LogP contribution in [-0.4, -0.2) is 34.1 Å². The normalized spacial score (nSPS) is 21.0. The van der Waals surface area contributed by atoms with Gasteiger partial charge in [-0.15, -0.1) is 0 Å². The van der Waals surface area contributed by atoms with E-state index in [-0.39, 0.29) is 11.6 Å². The predicted molar refractivity (Wildman–Crippen MR) is 49.2 cm³/mol. The Kier molecular flexibility index (Phi) is 2.41. The third kappa shape index (κ3) is 1.72. The summed E-state index contributed by atoms with van der Waals surface area (Å²) in [5.74, 6) is -0.108. The molecule has 14 heavy (non-hydrogen) atoms. The van der Waals surface area contributed by atoms with Crippen molar-refractivity contribution in [2.75, 3.05) is 13.1 Å². The number of hydrogen-bond acceptors (Lipinski definition) is 4. The molecule has 1 fully saturated rings. The van der Waals surface area contributed by atoms with Crippen LogP contribution in [0.4, 0.5) is 0 Å². The van der Waals surface area contributed by atoms with E-state index in [4.69, 9.17) is 5.11 Å². The van der Waals surface area contributed by atoms with Gasteiger partial charge in [-0.1, -0.05) is 0 Å². The van der Waals surface area contributed by atoms with Gasteiger partial charge in [0.05, 0.1) is 0 Å². The maximum absolute atomic E-state index is 10.7. The molecule has 0 bridgehead atoms. The molecular weight excluding hydrogens is 182 g/mol. The summed E-state index contributed by atoms with van der Waals surface area (Å²) in [6.45, 7) is 1.79. The average molecular weight is 193 g/mol. The van der Waals surface area contributed by atoms with Crippen molar-refractivity contribution in [1.29, 1.82) is 0 Å². The third-order valence-electron chi connectivity index (χ3n) is 2.32. The van der Waals surface area contributed by atoms with Crippen LogP contribution < -0.4 is 5.32 Å². The number of carboxylic acid groups (broad SMARTS) is 1. The van der Waals surface area contributed by atoms with E-state index in [2.05, 4.69) is 15.3 Å². The zero-order chi connectivity index (χ0) is 9.97. The van der Waals surface area contributed by atoms with Gasteiger partial charge in [0.25, 0.3) is 0 Å². The van der Waals surface area contributed by atoms with Crippen LogP contribution in [0.5, 0.6) is 0 Å². The van der Waals surface area contributed by atoms with Crippen LogP contribution in [0.3, 0.4) is 0 Å². The fourth-order valence-corrected chi connectivity index (χ4v) is 1.56. The highest BCUT2D eigenvalue weighted by Crippen LogP contribution is 2.18. The Morgan fingerprint density at radius 2 is 2.50 bits per heavy atom. The first kappa shape index (κ1) is 9.08. The lowest BCUT2D eigenvalue weighted by atomic mass is 10.1. The smallest absolute Gasteiger partial charge is 0.354 e. The lowest BCUT2D eigenvalue weighted by Gasteiger charge is -2.06.